The van der Waals surface area contributed by atoms with Crippen LogP contribution >= 0.6 is 11.8 Å². The van der Waals surface area contributed by atoms with Crippen LogP contribution in [-0.4, -0.2) is 53.1 Å². The molecule has 2 heterocycles. The maximum atomic E-state index is 11.3. The molecule has 2 saturated heterocycles. The fraction of sp³-hybridized carbons (Fsp3) is 0.500. The molecule has 0 radical (unpaired) electrons. The van der Waals surface area contributed by atoms with Gasteiger partial charge in [-0.05, 0) is 26.0 Å². The first-order chi connectivity index (χ1) is 11.5. The van der Waals surface area contributed by atoms with Crippen molar-refractivity contribution in [1.82, 2.24) is 0 Å². The van der Waals surface area contributed by atoms with Crippen LogP contribution in [0.4, 0.5) is 0 Å². The van der Waals surface area contributed by atoms with E-state index < -0.39 is 17.9 Å². The van der Waals surface area contributed by atoms with Crippen molar-refractivity contribution in [3.63, 3.8) is 0 Å². The lowest BCUT2D eigenvalue weighted by molar-refractivity contribution is -0.184. The van der Waals surface area contributed by atoms with Gasteiger partial charge < -0.3 is 24.5 Å². The highest BCUT2D eigenvalue weighted by atomic mass is 32.2. The van der Waals surface area contributed by atoms with E-state index in [0.29, 0.717) is 6.21 Å². The number of rotatable bonds is 5. The van der Waals surface area contributed by atoms with E-state index in [-0.39, 0.29) is 24.3 Å². The first kappa shape index (κ1) is 17.1. The van der Waals surface area contributed by atoms with E-state index in [1.807, 2.05) is 44.2 Å². The minimum atomic E-state index is -0.741. The topological polar surface area (TPSA) is 90.4 Å². The number of nitrogens with zero attached hydrogens (tertiary/aromatic N) is 2. The van der Waals surface area contributed by atoms with Crippen LogP contribution in [0.15, 0.2) is 35.2 Å². The first-order valence-electron chi connectivity index (χ1n) is 7.55. The van der Waals surface area contributed by atoms with Gasteiger partial charge in [0.25, 0.3) is 0 Å². The van der Waals surface area contributed by atoms with Gasteiger partial charge in [0.15, 0.2) is 5.79 Å². The summed E-state index contributed by atoms with van der Waals surface area (Å²) in [6.45, 7) is 3.69. The summed E-state index contributed by atoms with van der Waals surface area (Å²) in [5.74, 6) is -1.46. The number of ether oxygens (including phenoxy) is 4. The molecule has 2 aliphatic heterocycles. The quantitative estimate of drug-likeness (QED) is 0.348. The van der Waals surface area contributed by atoms with Crippen molar-refractivity contribution in [3.05, 3.63) is 35.9 Å². The predicted molar refractivity (Wildman–Crippen MR) is 85.4 cm³/mol. The molecule has 24 heavy (non-hydrogen) atoms. The molecule has 1 aromatic carbocycles. The largest absolute Gasteiger partial charge is 0.454 e. The second kappa shape index (κ2) is 7.04. The Kier molecular flexibility index (Phi) is 5.03. The molecule has 128 valence electrons. The molecule has 0 aromatic heterocycles. The van der Waals surface area contributed by atoms with Crippen molar-refractivity contribution < 1.29 is 28.5 Å². The number of carbonyl (C=O) groups is 1. The van der Waals surface area contributed by atoms with E-state index >= 15 is 0 Å². The molecule has 0 unspecified atom stereocenters. The van der Waals surface area contributed by atoms with E-state index in [1.165, 1.54) is 0 Å². The molecule has 0 spiro atoms. The minimum absolute atomic E-state index is 0.00267. The molecule has 7 nitrogen and oxygen atoms in total. The van der Waals surface area contributed by atoms with E-state index in [2.05, 4.69) is 4.79 Å². The second-order valence-corrected chi connectivity index (χ2v) is 7.08. The number of hydrogen-bond acceptors (Lipinski definition) is 6. The lowest BCUT2D eigenvalue weighted by Crippen LogP contribution is -2.33. The Labute approximate surface area is 143 Å². The lowest BCUT2D eigenvalue weighted by Gasteiger charge is -2.23. The molecule has 0 amide bonds. The molecule has 0 N–H and O–H groups in total. The fourth-order valence-corrected chi connectivity index (χ4v) is 3.88. The summed E-state index contributed by atoms with van der Waals surface area (Å²) in [4.78, 5) is 15.0. The predicted octanol–water partition coefficient (Wildman–Crippen LogP) is 1.87. The smallest absolute Gasteiger partial charge is 0.413 e. The van der Waals surface area contributed by atoms with Crippen LogP contribution in [0.25, 0.3) is 5.53 Å². The Hall–Kier alpha value is -1.70. The van der Waals surface area contributed by atoms with Gasteiger partial charge in [-0.3, -0.25) is 0 Å². The Bertz CT molecular complexity index is 647. The summed E-state index contributed by atoms with van der Waals surface area (Å²) >= 11 is 1.54. The lowest BCUT2D eigenvalue weighted by atomic mass is 10.1. The zero-order valence-electron chi connectivity index (χ0n) is 13.3. The SMILES string of the molecule is CC1(C)O[C@@H]2[C@H](O1)[C@@H](COC(=O)C=[N+]=[N-])O[C@H]2Sc1ccccc1. The van der Waals surface area contributed by atoms with Gasteiger partial charge in [-0.15, -0.1) is 0 Å². The van der Waals surface area contributed by atoms with Crippen molar-refractivity contribution in [3.8, 4) is 0 Å². The van der Waals surface area contributed by atoms with Crippen molar-refractivity contribution in [2.24, 2.45) is 0 Å². The van der Waals surface area contributed by atoms with Crippen LogP contribution in [0.1, 0.15) is 13.8 Å². The van der Waals surface area contributed by atoms with Crippen molar-refractivity contribution >= 4 is 23.9 Å². The van der Waals surface area contributed by atoms with Gasteiger partial charge >= 0.3 is 12.2 Å². The number of carbonyl (C=O) groups excluding carboxylic acids is 1. The highest BCUT2D eigenvalue weighted by Gasteiger charge is 2.55. The van der Waals surface area contributed by atoms with Gasteiger partial charge in [0.2, 0.25) is 0 Å². The molecule has 3 rings (SSSR count). The maximum absolute atomic E-state index is 11.3. The number of thioether (sulfide) groups is 1. The summed E-state index contributed by atoms with van der Waals surface area (Å²) in [5, 5.41) is 0. The monoisotopic (exact) mass is 350 g/mol. The van der Waals surface area contributed by atoms with Crippen LogP contribution in [0.3, 0.4) is 0 Å². The third kappa shape index (κ3) is 3.85. The van der Waals surface area contributed by atoms with Gasteiger partial charge in [-0.1, -0.05) is 30.0 Å². The molecular formula is C16H18N2O5S. The second-order valence-electron chi connectivity index (χ2n) is 5.91. The van der Waals surface area contributed by atoms with E-state index in [0.717, 1.165) is 4.90 Å². The summed E-state index contributed by atoms with van der Waals surface area (Å²) in [5.41, 5.74) is 8.07. The van der Waals surface area contributed by atoms with Crippen molar-refractivity contribution in [2.75, 3.05) is 6.61 Å². The third-order valence-corrected chi connectivity index (χ3v) is 4.81. The summed E-state index contributed by atoms with van der Waals surface area (Å²) in [6, 6.07) is 9.85. The van der Waals surface area contributed by atoms with Crippen LogP contribution in [0.5, 0.6) is 0 Å². The molecule has 0 saturated carbocycles. The van der Waals surface area contributed by atoms with Crippen LogP contribution < -0.4 is 0 Å². The molecule has 2 fully saturated rings. The number of hydrogen-bond donors (Lipinski definition) is 0. The number of fused-ring (bicyclic) bond motifs is 1. The van der Waals surface area contributed by atoms with Crippen LogP contribution in [-0.2, 0) is 23.7 Å². The average Bonchev–Trinajstić information content (AvgIpc) is 3.01. The molecular weight excluding hydrogens is 332 g/mol. The number of benzene rings is 1. The van der Waals surface area contributed by atoms with Crippen LogP contribution in [0.2, 0.25) is 0 Å². The van der Waals surface area contributed by atoms with E-state index in [4.69, 9.17) is 24.5 Å². The highest BCUT2D eigenvalue weighted by molar-refractivity contribution is 7.99. The molecule has 4 atom stereocenters. The average molecular weight is 350 g/mol. The highest BCUT2D eigenvalue weighted by Crippen LogP contribution is 2.44. The summed E-state index contributed by atoms with van der Waals surface area (Å²) in [6.07, 6.45) is -0.354. The Morgan fingerprint density at radius 1 is 1.33 bits per heavy atom. The fourth-order valence-electron chi connectivity index (χ4n) is 2.75. The first-order valence-corrected chi connectivity index (χ1v) is 8.43. The van der Waals surface area contributed by atoms with Gasteiger partial charge in [0.1, 0.15) is 30.4 Å². The molecule has 2 aliphatic rings. The molecule has 0 bridgehead atoms. The third-order valence-electron chi connectivity index (χ3n) is 3.66. The zero-order chi connectivity index (χ0) is 17.2. The Morgan fingerprint density at radius 2 is 2.04 bits per heavy atom. The van der Waals surface area contributed by atoms with E-state index in [9.17, 15) is 4.79 Å². The minimum Gasteiger partial charge on any atom is -0.454 e. The maximum Gasteiger partial charge on any atom is 0.413 e. The molecule has 1 aromatic rings. The van der Waals surface area contributed by atoms with Crippen molar-refractivity contribution in [2.45, 2.75) is 48.3 Å². The number of esters is 1. The Morgan fingerprint density at radius 3 is 2.75 bits per heavy atom. The summed E-state index contributed by atoms with van der Waals surface area (Å²) in [7, 11) is 0. The van der Waals surface area contributed by atoms with Crippen LogP contribution in [0, 0.1) is 0 Å². The summed E-state index contributed by atoms with van der Waals surface area (Å²) < 4.78 is 22.9. The normalized spacial score (nSPS) is 30.4. The zero-order valence-corrected chi connectivity index (χ0v) is 14.1. The standard InChI is InChI=1S/C16H18N2O5S/c1-16(2)22-13-11(9-20-12(19)8-18-17)21-15(14(13)23-16)24-10-6-4-3-5-7-10/h3-8,11,13-15H,9H2,1-2H3/t11-,13-,14-,15+/m1/s1. The van der Waals surface area contributed by atoms with E-state index in [1.54, 1.807) is 11.8 Å². The molecule has 0 aliphatic carbocycles. The Balaban J connectivity index is 1.69. The van der Waals surface area contributed by atoms with Gasteiger partial charge in [0.05, 0.1) is 0 Å². The van der Waals surface area contributed by atoms with Gasteiger partial charge in [0, 0.05) is 4.90 Å². The molecule has 8 heteroatoms. The van der Waals surface area contributed by atoms with Gasteiger partial charge in [-0.2, -0.15) is 4.79 Å². The van der Waals surface area contributed by atoms with Gasteiger partial charge in [-0.25, -0.2) is 4.79 Å². The van der Waals surface area contributed by atoms with Crippen molar-refractivity contribution in [1.29, 1.82) is 0 Å².